The highest BCUT2D eigenvalue weighted by molar-refractivity contribution is 5.91. The lowest BCUT2D eigenvalue weighted by Crippen LogP contribution is -2.26. The van der Waals surface area contributed by atoms with Gasteiger partial charge in [0.2, 0.25) is 0 Å². The average Bonchev–Trinajstić information content (AvgIpc) is 2.76. The third-order valence-corrected chi connectivity index (χ3v) is 4.68. The van der Waals surface area contributed by atoms with E-state index < -0.39 is 22.8 Å². The molecule has 1 aliphatic carbocycles. The van der Waals surface area contributed by atoms with Crippen LogP contribution in [-0.4, -0.2) is 57.5 Å². The predicted molar refractivity (Wildman–Crippen MR) is 101 cm³/mol. The summed E-state index contributed by atoms with van der Waals surface area (Å²) in [6.07, 6.45) is 1.81. The lowest BCUT2D eigenvalue weighted by molar-refractivity contribution is 0.0691. The molecule has 0 amide bonds. The molecule has 0 fully saturated rings. The fraction of sp³-hybridized carbons (Fsp3) is 0.474. The van der Waals surface area contributed by atoms with Gasteiger partial charge in [0.1, 0.15) is 5.75 Å². The smallest absolute Gasteiger partial charge is 0.345 e. The van der Waals surface area contributed by atoms with E-state index in [9.17, 15) is 19.8 Å². The van der Waals surface area contributed by atoms with E-state index >= 15 is 0 Å². The van der Waals surface area contributed by atoms with Crippen LogP contribution in [0.4, 0.5) is 0 Å². The van der Waals surface area contributed by atoms with Crippen LogP contribution in [0.2, 0.25) is 0 Å². The molecule has 1 aromatic heterocycles. The average molecular weight is 378 g/mol. The number of allylic oxidation sites excluding steroid dienone is 2. The van der Waals surface area contributed by atoms with Gasteiger partial charge in [0, 0.05) is 23.5 Å². The van der Waals surface area contributed by atoms with Gasteiger partial charge in [-0.3, -0.25) is 4.79 Å². The summed E-state index contributed by atoms with van der Waals surface area (Å²) in [5.41, 5.74) is 1.86. The van der Waals surface area contributed by atoms with E-state index in [0.717, 1.165) is 17.0 Å². The molecule has 0 atom stereocenters. The van der Waals surface area contributed by atoms with E-state index in [4.69, 9.17) is 9.84 Å². The van der Waals surface area contributed by atoms with Crippen LogP contribution in [0.5, 0.6) is 5.75 Å². The first-order chi connectivity index (χ1) is 12.8. The van der Waals surface area contributed by atoms with Gasteiger partial charge < -0.3 is 29.9 Å². The monoisotopic (exact) mass is 378 g/mol. The van der Waals surface area contributed by atoms with E-state index in [0.29, 0.717) is 37.1 Å². The Hall–Kier alpha value is -2.58. The van der Waals surface area contributed by atoms with Crippen molar-refractivity contribution in [2.75, 3.05) is 26.4 Å². The first-order valence-electron chi connectivity index (χ1n) is 8.88. The number of aromatic hydroxyl groups is 1. The number of likely N-dealkylation sites (N-methyl/N-ethyl adjacent to an activating group) is 1. The predicted octanol–water partition coefficient (Wildman–Crippen LogP) is 1.69. The van der Waals surface area contributed by atoms with Gasteiger partial charge in [-0.05, 0) is 38.7 Å². The maximum absolute atomic E-state index is 12.2. The van der Waals surface area contributed by atoms with Crippen molar-refractivity contribution in [1.29, 1.82) is 0 Å². The minimum Gasteiger partial charge on any atom is -0.506 e. The molecule has 0 bridgehead atoms. The number of pyridine rings is 1. The third kappa shape index (κ3) is 4.23. The molecule has 1 heterocycles. The Bertz CT molecular complexity index is 824. The van der Waals surface area contributed by atoms with Crippen LogP contribution < -0.4 is 5.56 Å². The van der Waals surface area contributed by atoms with Crippen LogP contribution in [0.3, 0.4) is 0 Å². The molecule has 0 aliphatic heterocycles. The summed E-state index contributed by atoms with van der Waals surface area (Å²) in [5.74, 6) is -1.91. The second-order valence-electron chi connectivity index (χ2n) is 6.35. The number of H-pyrrole nitrogens is 1. The molecule has 1 aliphatic rings. The number of aliphatic hydroxyl groups is 1. The van der Waals surface area contributed by atoms with Crippen molar-refractivity contribution in [2.24, 2.45) is 0 Å². The number of nitrogens with zero attached hydrogens (tertiary/aromatic N) is 1. The Balaban J connectivity index is 2.50. The summed E-state index contributed by atoms with van der Waals surface area (Å²) in [5, 5.41) is 28.4. The number of hydrogen-bond acceptors (Lipinski definition) is 6. The quantitative estimate of drug-likeness (QED) is 0.508. The number of aromatic carboxylic acids is 1. The SMILES string of the molecule is C=C(COCCO)N(CC)C1=C(C)c2[nH]c(=O)c(C(=O)O)c(O)c2CCC1. The van der Waals surface area contributed by atoms with Gasteiger partial charge in [0.05, 0.1) is 25.5 Å². The molecule has 2 rings (SSSR count). The highest BCUT2D eigenvalue weighted by Crippen LogP contribution is 2.35. The van der Waals surface area contributed by atoms with Gasteiger partial charge >= 0.3 is 5.97 Å². The van der Waals surface area contributed by atoms with E-state index in [1.165, 1.54) is 0 Å². The Morgan fingerprint density at radius 2 is 2.07 bits per heavy atom. The first kappa shape index (κ1) is 20.7. The maximum atomic E-state index is 12.2. The molecule has 0 saturated carbocycles. The van der Waals surface area contributed by atoms with Gasteiger partial charge in [0.15, 0.2) is 5.56 Å². The Morgan fingerprint density at radius 1 is 1.37 bits per heavy atom. The number of aromatic nitrogens is 1. The van der Waals surface area contributed by atoms with Gasteiger partial charge in [-0.2, -0.15) is 0 Å². The number of rotatable bonds is 8. The van der Waals surface area contributed by atoms with Crippen molar-refractivity contribution in [1.82, 2.24) is 9.88 Å². The number of aromatic amines is 1. The van der Waals surface area contributed by atoms with Gasteiger partial charge in [-0.1, -0.05) is 6.58 Å². The zero-order valence-electron chi connectivity index (χ0n) is 15.7. The Labute approximate surface area is 157 Å². The topological polar surface area (TPSA) is 123 Å². The molecular weight excluding hydrogens is 352 g/mol. The third-order valence-electron chi connectivity index (χ3n) is 4.68. The van der Waals surface area contributed by atoms with E-state index in [1.807, 2.05) is 18.7 Å². The molecule has 8 heteroatoms. The number of ether oxygens (including phenoxy) is 1. The normalized spacial score (nSPS) is 13.9. The molecule has 0 radical (unpaired) electrons. The molecule has 0 unspecified atom stereocenters. The number of carboxylic acid groups (broad SMARTS) is 1. The molecule has 8 nitrogen and oxygen atoms in total. The fourth-order valence-corrected chi connectivity index (χ4v) is 3.43. The first-order valence-corrected chi connectivity index (χ1v) is 8.88. The van der Waals surface area contributed by atoms with Crippen LogP contribution in [0.25, 0.3) is 5.57 Å². The number of aliphatic hydroxyl groups excluding tert-OH is 1. The maximum Gasteiger partial charge on any atom is 0.345 e. The second kappa shape index (κ2) is 8.88. The molecular formula is C19H26N2O6. The zero-order chi connectivity index (χ0) is 20.1. The summed E-state index contributed by atoms with van der Waals surface area (Å²) in [6.45, 7) is 8.90. The van der Waals surface area contributed by atoms with Crippen LogP contribution >= 0.6 is 0 Å². The van der Waals surface area contributed by atoms with Crippen molar-refractivity contribution < 1.29 is 24.9 Å². The van der Waals surface area contributed by atoms with Crippen molar-refractivity contribution in [3.63, 3.8) is 0 Å². The lowest BCUT2D eigenvalue weighted by atomic mass is 10.0. The minimum absolute atomic E-state index is 0.0685. The van der Waals surface area contributed by atoms with Crippen LogP contribution in [-0.2, 0) is 11.2 Å². The molecule has 148 valence electrons. The van der Waals surface area contributed by atoms with Gasteiger partial charge in [0.25, 0.3) is 5.56 Å². The second-order valence-corrected chi connectivity index (χ2v) is 6.35. The van der Waals surface area contributed by atoms with Crippen molar-refractivity contribution in [2.45, 2.75) is 33.1 Å². The summed E-state index contributed by atoms with van der Waals surface area (Å²) < 4.78 is 5.36. The van der Waals surface area contributed by atoms with Crippen LogP contribution in [0.15, 0.2) is 22.8 Å². The van der Waals surface area contributed by atoms with Crippen LogP contribution in [0, 0.1) is 0 Å². The number of carbonyl (C=O) groups is 1. The zero-order valence-corrected chi connectivity index (χ0v) is 15.7. The van der Waals surface area contributed by atoms with E-state index in [1.54, 1.807) is 0 Å². The highest BCUT2D eigenvalue weighted by atomic mass is 16.5. The molecule has 1 aromatic rings. The molecule has 0 saturated heterocycles. The molecule has 27 heavy (non-hydrogen) atoms. The Kier molecular flexibility index (Phi) is 6.81. The van der Waals surface area contributed by atoms with E-state index in [-0.39, 0.29) is 19.8 Å². The molecule has 4 N–H and O–H groups in total. The molecule has 0 spiro atoms. The van der Waals surface area contributed by atoms with Gasteiger partial charge in [-0.25, -0.2) is 4.79 Å². The fourth-order valence-electron chi connectivity index (χ4n) is 3.43. The highest BCUT2D eigenvalue weighted by Gasteiger charge is 2.26. The van der Waals surface area contributed by atoms with Crippen molar-refractivity contribution in [3.8, 4) is 5.75 Å². The summed E-state index contributed by atoms with van der Waals surface area (Å²) >= 11 is 0. The molecule has 0 aromatic carbocycles. The number of hydrogen-bond donors (Lipinski definition) is 4. The number of nitrogens with one attached hydrogen (secondary N) is 1. The standard InChI is InChI=1S/C19H26N2O6/c1-4-21(11(2)10-27-9-8-22)14-7-5-6-13-16(12(14)3)20-18(24)15(17(13)23)19(25)26/h22H,2,4-10H2,1,3H3,(H,25,26)(H2,20,23,24). The Morgan fingerprint density at radius 3 is 2.67 bits per heavy atom. The summed E-state index contributed by atoms with van der Waals surface area (Å²) in [7, 11) is 0. The van der Waals surface area contributed by atoms with Crippen molar-refractivity contribution >= 4 is 11.5 Å². The number of carboxylic acids is 1. The lowest BCUT2D eigenvalue weighted by Gasteiger charge is -2.29. The largest absolute Gasteiger partial charge is 0.506 e. The van der Waals surface area contributed by atoms with E-state index in [2.05, 4.69) is 11.6 Å². The number of fused-ring (bicyclic) bond motifs is 1. The van der Waals surface area contributed by atoms with Crippen molar-refractivity contribution in [3.05, 3.63) is 45.1 Å². The van der Waals surface area contributed by atoms with Gasteiger partial charge in [-0.15, -0.1) is 0 Å². The summed E-state index contributed by atoms with van der Waals surface area (Å²) in [6, 6.07) is 0. The summed E-state index contributed by atoms with van der Waals surface area (Å²) in [4.78, 5) is 28.1. The minimum atomic E-state index is -1.45. The van der Waals surface area contributed by atoms with Crippen LogP contribution in [0.1, 0.15) is 48.3 Å².